The Morgan fingerprint density at radius 3 is 2.05 bits per heavy atom. The highest BCUT2D eigenvalue weighted by atomic mass is 16.5. The van der Waals surface area contributed by atoms with E-state index >= 15 is 0 Å². The predicted molar refractivity (Wildman–Crippen MR) is 151 cm³/mol. The lowest BCUT2D eigenvalue weighted by molar-refractivity contribution is 0.0623. The van der Waals surface area contributed by atoms with E-state index in [9.17, 15) is 9.59 Å². The van der Waals surface area contributed by atoms with E-state index in [2.05, 4.69) is 39.8 Å². The van der Waals surface area contributed by atoms with Gasteiger partial charge in [-0.05, 0) is 102 Å². The van der Waals surface area contributed by atoms with Gasteiger partial charge in [-0.1, -0.05) is 33.8 Å². The maximum atomic E-state index is 13.7. The second kappa shape index (κ2) is 9.58. The molecule has 1 unspecified atom stereocenters. The lowest BCUT2D eigenvalue weighted by Gasteiger charge is -2.42. The third-order valence-corrected chi connectivity index (χ3v) is 8.84. The van der Waals surface area contributed by atoms with Crippen molar-refractivity contribution in [2.45, 2.75) is 84.2 Å². The summed E-state index contributed by atoms with van der Waals surface area (Å²) in [6, 6.07) is 11.4. The summed E-state index contributed by atoms with van der Waals surface area (Å²) in [5.74, 6) is 1.25. The molecule has 206 valence electrons. The topological polar surface area (TPSA) is 69.0 Å². The first-order valence-electron chi connectivity index (χ1n) is 13.7. The van der Waals surface area contributed by atoms with Gasteiger partial charge in [0.05, 0.1) is 14.2 Å². The molecule has 0 bridgehead atoms. The minimum absolute atomic E-state index is 0.00867. The van der Waals surface area contributed by atoms with Crippen molar-refractivity contribution >= 4 is 11.7 Å². The maximum Gasteiger partial charge on any atom is 0.290 e. The molecule has 2 aliphatic rings. The molecule has 2 aromatic carbocycles. The van der Waals surface area contributed by atoms with Crippen LogP contribution in [-0.4, -0.2) is 36.9 Å². The number of hydrogen-bond acceptors (Lipinski definition) is 5. The lowest BCUT2D eigenvalue weighted by Crippen LogP contribution is -2.42. The summed E-state index contributed by atoms with van der Waals surface area (Å²) in [6.45, 7) is 13.5. The molecule has 0 saturated carbocycles. The molecule has 1 aliphatic heterocycles. The number of benzene rings is 2. The Balaban J connectivity index is 1.42. The molecule has 2 heterocycles. The zero-order valence-corrected chi connectivity index (χ0v) is 24.4. The maximum absolute atomic E-state index is 13.7. The predicted octanol–water partition coefficient (Wildman–Crippen LogP) is 6.77. The van der Waals surface area contributed by atoms with Crippen LogP contribution in [0.3, 0.4) is 0 Å². The molecular weight excluding hydrogens is 490 g/mol. The van der Waals surface area contributed by atoms with Crippen LogP contribution < -0.4 is 9.47 Å². The van der Waals surface area contributed by atoms with E-state index in [1.807, 2.05) is 26.0 Å². The molecule has 1 atom stereocenters. The van der Waals surface area contributed by atoms with Gasteiger partial charge in [0.2, 0.25) is 5.78 Å². The lowest BCUT2D eigenvalue weighted by atomic mass is 9.62. The molecule has 0 saturated heterocycles. The van der Waals surface area contributed by atoms with Gasteiger partial charge in [-0.2, -0.15) is 0 Å². The molecule has 6 heteroatoms. The highest BCUT2D eigenvalue weighted by molar-refractivity contribution is 6.09. The van der Waals surface area contributed by atoms with Crippen molar-refractivity contribution in [1.82, 2.24) is 4.90 Å². The van der Waals surface area contributed by atoms with Crippen LogP contribution in [0.5, 0.6) is 11.5 Å². The van der Waals surface area contributed by atoms with Crippen molar-refractivity contribution < 1.29 is 23.5 Å². The Kier molecular flexibility index (Phi) is 6.64. The number of fused-ring (bicyclic) bond motifs is 2. The summed E-state index contributed by atoms with van der Waals surface area (Å²) in [4.78, 5) is 29.0. The summed E-state index contributed by atoms with van der Waals surface area (Å²) in [5.41, 5.74) is 6.31. The summed E-state index contributed by atoms with van der Waals surface area (Å²) in [5, 5.41) is 0. The minimum atomic E-state index is -0.230. The number of aryl methyl sites for hydroxylation is 1. The Morgan fingerprint density at radius 2 is 1.44 bits per heavy atom. The van der Waals surface area contributed by atoms with Gasteiger partial charge in [0.25, 0.3) is 5.91 Å². The molecular formula is C33H39NO5. The summed E-state index contributed by atoms with van der Waals surface area (Å²) in [6.07, 6.45) is 2.87. The first-order chi connectivity index (χ1) is 18.4. The van der Waals surface area contributed by atoms with Crippen LogP contribution in [0.4, 0.5) is 0 Å². The Morgan fingerprint density at radius 1 is 0.872 bits per heavy atom. The van der Waals surface area contributed by atoms with E-state index in [1.165, 1.54) is 11.1 Å². The van der Waals surface area contributed by atoms with E-state index in [4.69, 9.17) is 13.9 Å². The zero-order valence-electron chi connectivity index (χ0n) is 24.4. The van der Waals surface area contributed by atoms with E-state index in [1.54, 1.807) is 31.3 Å². The van der Waals surface area contributed by atoms with Crippen LogP contribution in [0, 0.1) is 6.92 Å². The molecule has 39 heavy (non-hydrogen) atoms. The molecule has 1 amide bonds. The van der Waals surface area contributed by atoms with Crippen LogP contribution in [-0.2, 0) is 23.8 Å². The van der Waals surface area contributed by atoms with E-state index in [0.717, 1.165) is 29.5 Å². The Hall–Kier alpha value is -3.54. The van der Waals surface area contributed by atoms with Gasteiger partial charge < -0.3 is 18.8 Å². The number of nitrogens with zero attached hydrogens (tertiary/aromatic N) is 1. The van der Waals surface area contributed by atoms with Gasteiger partial charge in [0, 0.05) is 18.2 Å². The van der Waals surface area contributed by atoms with E-state index in [0.29, 0.717) is 30.0 Å². The number of rotatable bonds is 5. The van der Waals surface area contributed by atoms with Crippen molar-refractivity contribution in [1.29, 1.82) is 0 Å². The second-order valence-corrected chi connectivity index (χ2v) is 12.4. The average molecular weight is 530 g/mol. The number of methoxy groups -OCH3 is 2. The molecule has 6 nitrogen and oxygen atoms in total. The molecule has 5 rings (SSSR count). The standard InChI is InChI=1S/C33H39NO5/c1-19-13-24-25(33(5,6)12-11-32(24,3)4)17-23(19)30(35)26-9-10-27(39-26)31(36)34-18-22-16-29(38-8)28(37-7)15-21(22)14-20(34)2/h9-10,13,15-17,20H,11-12,14,18H2,1-8H3. The number of carbonyl (C=O) groups excluding carboxylic acids is 2. The highest BCUT2D eigenvalue weighted by Crippen LogP contribution is 2.46. The van der Waals surface area contributed by atoms with Gasteiger partial charge in [0.1, 0.15) is 0 Å². The number of furan rings is 1. The Labute approximate surface area is 231 Å². The zero-order chi connectivity index (χ0) is 28.3. The quantitative estimate of drug-likeness (QED) is 0.341. The SMILES string of the molecule is COc1cc2c(cc1OC)CN(C(=O)c1ccc(C(=O)c3cc4c(cc3C)C(C)(C)CCC4(C)C)o1)C(C)C2. The number of amides is 1. The molecule has 1 aromatic heterocycles. The largest absolute Gasteiger partial charge is 0.493 e. The third kappa shape index (κ3) is 4.64. The first-order valence-corrected chi connectivity index (χ1v) is 13.7. The van der Waals surface area contributed by atoms with Gasteiger partial charge in [-0.25, -0.2) is 0 Å². The normalized spacial score (nSPS) is 19.2. The molecule has 0 spiro atoms. The molecule has 1 aliphatic carbocycles. The van der Waals surface area contributed by atoms with Crippen LogP contribution in [0.1, 0.15) is 102 Å². The summed E-state index contributed by atoms with van der Waals surface area (Å²) < 4.78 is 16.9. The summed E-state index contributed by atoms with van der Waals surface area (Å²) in [7, 11) is 3.22. The number of ketones is 1. The smallest absolute Gasteiger partial charge is 0.290 e. The van der Waals surface area contributed by atoms with Crippen LogP contribution in [0.25, 0.3) is 0 Å². The van der Waals surface area contributed by atoms with Crippen molar-refractivity contribution in [3.8, 4) is 11.5 Å². The van der Waals surface area contributed by atoms with E-state index in [-0.39, 0.29) is 40.1 Å². The minimum Gasteiger partial charge on any atom is -0.493 e. The highest BCUT2D eigenvalue weighted by Gasteiger charge is 2.38. The average Bonchev–Trinajstić information content (AvgIpc) is 3.39. The number of hydrogen-bond donors (Lipinski definition) is 0. The number of ether oxygens (including phenoxy) is 2. The van der Waals surface area contributed by atoms with Crippen LogP contribution in [0.2, 0.25) is 0 Å². The van der Waals surface area contributed by atoms with E-state index < -0.39 is 0 Å². The van der Waals surface area contributed by atoms with Crippen molar-refractivity contribution in [3.63, 3.8) is 0 Å². The first kappa shape index (κ1) is 27.0. The fourth-order valence-corrected chi connectivity index (χ4v) is 6.16. The molecule has 0 fully saturated rings. The van der Waals surface area contributed by atoms with Crippen molar-refractivity contribution in [2.75, 3.05) is 14.2 Å². The summed E-state index contributed by atoms with van der Waals surface area (Å²) >= 11 is 0. The van der Waals surface area contributed by atoms with Crippen molar-refractivity contribution in [3.05, 3.63) is 81.3 Å². The van der Waals surface area contributed by atoms with Crippen LogP contribution in [0.15, 0.2) is 40.8 Å². The molecule has 0 radical (unpaired) electrons. The van der Waals surface area contributed by atoms with Crippen LogP contribution >= 0.6 is 0 Å². The molecule has 3 aromatic rings. The third-order valence-electron chi connectivity index (χ3n) is 8.84. The van der Waals surface area contributed by atoms with Gasteiger partial charge in [-0.15, -0.1) is 0 Å². The molecule has 0 N–H and O–H groups in total. The number of carbonyl (C=O) groups is 2. The van der Waals surface area contributed by atoms with Gasteiger partial charge in [0.15, 0.2) is 23.0 Å². The van der Waals surface area contributed by atoms with Gasteiger partial charge in [-0.3, -0.25) is 9.59 Å². The fourth-order valence-electron chi connectivity index (χ4n) is 6.16. The van der Waals surface area contributed by atoms with Crippen molar-refractivity contribution in [2.24, 2.45) is 0 Å². The second-order valence-electron chi connectivity index (χ2n) is 12.4. The fraction of sp³-hybridized carbons (Fsp3) is 0.455. The Bertz CT molecular complexity index is 1460. The monoisotopic (exact) mass is 529 g/mol. The van der Waals surface area contributed by atoms with Gasteiger partial charge >= 0.3 is 0 Å².